The van der Waals surface area contributed by atoms with Gasteiger partial charge >= 0.3 is 0 Å². The van der Waals surface area contributed by atoms with Crippen molar-refractivity contribution in [2.24, 2.45) is 0 Å². The minimum Gasteiger partial charge on any atom is -0.447 e. The summed E-state index contributed by atoms with van der Waals surface area (Å²) in [4.78, 5) is 10.4. The topological polar surface area (TPSA) is 29.5 Å². The third-order valence-electron chi connectivity index (χ3n) is 4.02. The lowest BCUT2D eigenvalue weighted by Gasteiger charge is -2.27. The molecule has 0 saturated carbocycles. The molecular formula is C21H29O2P. The number of hydrogen-bond acceptors (Lipinski definition) is 2. The fraction of sp³-hybridized carbons (Fsp3) is 0.429. The lowest BCUT2D eigenvalue weighted by atomic mass is 9.80. The van der Waals surface area contributed by atoms with Gasteiger partial charge in [0.2, 0.25) is 8.38 Å². The molecule has 0 aliphatic heterocycles. The first-order chi connectivity index (χ1) is 11.1. The molecule has 130 valence electrons. The second kappa shape index (κ2) is 7.25. The Morgan fingerprint density at radius 1 is 0.875 bits per heavy atom. The molecule has 0 aliphatic carbocycles. The molecule has 2 aromatic carbocycles. The van der Waals surface area contributed by atoms with Gasteiger partial charge in [-0.15, -0.1) is 0 Å². The average molecular weight is 344 g/mol. The van der Waals surface area contributed by atoms with Crippen molar-refractivity contribution in [2.45, 2.75) is 58.5 Å². The highest BCUT2D eigenvalue weighted by Gasteiger charge is 2.24. The SMILES string of the molecule is CC(C)(C)c1ccc(OP(O)Cc2ccccc2)c(C(C)(C)C)c1. The maximum Gasteiger partial charge on any atom is 0.232 e. The molecular weight excluding hydrogens is 315 g/mol. The van der Waals surface area contributed by atoms with E-state index < -0.39 is 8.38 Å². The van der Waals surface area contributed by atoms with Crippen LogP contribution in [-0.4, -0.2) is 4.89 Å². The molecule has 3 heteroatoms. The van der Waals surface area contributed by atoms with E-state index in [4.69, 9.17) is 4.52 Å². The quantitative estimate of drug-likeness (QED) is 0.673. The second-order valence-corrected chi connectivity index (χ2v) is 9.50. The molecule has 0 bridgehead atoms. The summed E-state index contributed by atoms with van der Waals surface area (Å²) in [6.45, 7) is 13.2. The molecule has 0 heterocycles. The van der Waals surface area contributed by atoms with E-state index in [0.717, 1.165) is 16.9 Å². The van der Waals surface area contributed by atoms with Crippen LogP contribution in [0.25, 0.3) is 0 Å². The first kappa shape index (κ1) is 19.0. The van der Waals surface area contributed by atoms with Gasteiger partial charge in [0.05, 0.1) is 6.16 Å². The molecule has 1 N–H and O–H groups in total. The lowest BCUT2D eigenvalue weighted by Crippen LogP contribution is -2.17. The van der Waals surface area contributed by atoms with Crippen molar-refractivity contribution in [3.8, 4) is 5.75 Å². The van der Waals surface area contributed by atoms with Crippen LogP contribution in [0.1, 0.15) is 58.2 Å². The van der Waals surface area contributed by atoms with E-state index in [0.29, 0.717) is 6.16 Å². The molecule has 1 atom stereocenters. The maximum atomic E-state index is 10.4. The molecule has 24 heavy (non-hydrogen) atoms. The van der Waals surface area contributed by atoms with Crippen molar-refractivity contribution in [2.75, 3.05) is 0 Å². The summed E-state index contributed by atoms with van der Waals surface area (Å²) in [5.41, 5.74) is 3.57. The van der Waals surface area contributed by atoms with Gasteiger partial charge in [0.1, 0.15) is 5.75 Å². The monoisotopic (exact) mass is 344 g/mol. The van der Waals surface area contributed by atoms with E-state index in [2.05, 4.69) is 53.7 Å². The first-order valence-corrected chi connectivity index (χ1v) is 9.80. The highest BCUT2D eigenvalue weighted by molar-refractivity contribution is 7.45. The average Bonchev–Trinajstić information content (AvgIpc) is 2.46. The van der Waals surface area contributed by atoms with Crippen LogP contribution >= 0.6 is 8.38 Å². The van der Waals surface area contributed by atoms with Crippen molar-refractivity contribution in [1.29, 1.82) is 0 Å². The minimum absolute atomic E-state index is 0.0421. The molecule has 2 aromatic rings. The fourth-order valence-electron chi connectivity index (χ4n) is 2.55. The summed E-state index contributed by atoms with van der Waals surface area (Å²) in [7, 11) is -1.53. The van der Waals surface area contributed by atoms with E-state index in [1.807, 2.05) is 36.4 Å². The molecule has 0 amide bonds. The van der Waals surface area contributed by atoms with E-state index in [1.165, 1.54) is 5.56 Å². The molecule has 0 saturated heterocycles. The van der Waals surface area contributed by atoms with Crippen LogP contribution in [0, 0.1) is 0 Å². The van der Waals surface area contributed by atoms with Gasteiger partial charge in [-0.1, -0.05) is 84.0 Å². The zero-order chi connectivity index (χ0) is 18.0. The summed E-state index contributed by atoms with van der Waals surface area (Å²) in [5.74, 6) is 0.792. The summed E-state index contributed by atoms with van der Waals surface area (Å²) >= 11 is 0. The van der Waals surface area contributed by atoms with Crippen molar-refractivity contribution < 1.29 is 9.42 Å². The van der Waals surface area contributed by atoms with Crippen LogP contribution in [0.4, 0.5) is 0 Å². The smallest absolute Gasteiger partial charge is 0.232 e. The van der Waals surface area contributed by atoms with Gasteiger partial charge in [-0.2, -0.15) is 0 Å². The predicted octanol–water partition coefficient (Wildman–Crippen LogP) is 6.16. The van der Waals surface area contributed by atoms with Crippen molar-refractivity contribution >= 4 is 8.38 Å². The van der Waals surface area contributed by atoms with Crippen LogP contribution in [0.2, 0.25) is 0 Å². The predicted molar refractivity (Wildman–Crippen MR) is 104 cm³/mol. The lowest BCUT2D eigenvalue weighted by molar-refractivity contribution is 0.466. The first-order valence-electron chi connectivity index (χ1n) is 8.41. The Labute approximate surface area is 147 Å². The van der Waals surface area contributed by atoms with Crippen molar-refractivity contribution in [3.63, 3.8) is 0 Å². The van der Waals surface area contributed by atoms with Crippen LogP contribution in [0.15, 0.2) is 48.5 Å². The fourth-order valence-corrected chi connectivity index (χ4v) is 3.52. The molecule has 0 aliphatic rings. The molecule has 0 spiro atoms. The zero-order valence-corrected chi connectivity index (χ0v) is 16.5. The van der Waals surface area contributed by atoms with Gasteiger partial charge in [0.15, 0.2) is 0 Å². The molecule has 0 radical (unpaired) electrons. The number of benzene rings is 2. The Bertz CT molecular complexity index is 666. The zero-order valence-electron chi connectivity index (χ0n) is 15.6. The Kier molecular flexibility index (Phi) is 5.73. The van der Waals surface area contributed by atoms with E-state index in [9.17, 15) is 4.89 Å². The molecule has 2 nitrogen and oxygen atoms in total. The van der Waals surface area contributed by atoms with E-state index >= 15 is 0 Å². The normalized spacial score (nSPS) is 13.6. The summed E-state index contributed by atoms with van der Waals surface area (Å²) in [6, 6.07) is 16.3. The second-order valence-electron chi connectivity index (χ2n) is 8.30. The number of hydrogen-bond donors (Lipinski definition) is 1. The molecule has 0 aromatic heterocycles. The summed E-state index contributed by atoms with van der Waals surface area (Å²) in [5, 5.41) is 0. The van der Waals surface area contributed by atoms with Crippen molar-refractivity contribution in [1.82, 2.24) is 0 Å². The largest absolute Gasteiger partial charge is 0.447 e. The Balaban J connectivity index is 2.26. The third kappa shape index (κ3) is 5.06. The van der Waals surface area contributed by atoms with Crippen LogP contribution in [0.5, 0.6) is 5.75 Å². The standard InChI is InChI=1S/C21H29O2P/c1-20(2,3)17-12-13-19(18(14-17)21(4,5)6)23-24(22)15-16-10-8-7-9-11-16/h7-14,22H,15H2,1-6H3. The van der Waals surface area contributed by atoms with E-state index in [1.54, 1.807) is 0 Å². The van der Waals surface area contributed by atoms with Gasteiger partial charge in [-0.3, -0.25) is 0 Å². The third-order valence-corrected chi connectivity index (χ3v) is 5.06. The van der Waals surface area contributed by atoms with Crippen molar-refractivity contribution in [3.05, 3.63) is 65.2 Å². The molecule has 2 rings (SSSR count). The molecule has 0 fully saturated rings. The van der Waals surface area contributed by atoms with Gasteiger partial charge in [-0.05, 0) is 28.0 Å². The van der Waals surface area contributed by atoms with E-state index in [-0.39, 0.29) is 10.8 Å². The van der Waals surface area contributed by atoms with Gasteiger partial charge < -0.3 is 9.42 Å². The van der Waals surface area contributed by atoms with Gasteiger partial charge in [0, 0.05) is 5.56 Å². The minimum atomic E-state index is -1.53. The highest BCUT2D eigenvalue weighted by atomic mass is 31.2. The molecule has 1 unspecified atom stereocenters. The maximum absolute atomic E-state index is 10.4. The van der Waals surface area contributed by atoms with Crippen LogP contribution in [-0.2, 0) is 17.0 Å². The summed E-state index contributed by atoms with van der Waals surface area (Å²) < 4.78 is 5.96. The Morgan fingerprint density at radius 2 is 1.50 bits per heavy atom. The highest BCUT2D eigenvalue weighted by Crippen LogP contribution is 2.43. The number of rotatable bonds is 4. The summed E-state index contributed by atoms with van der Waals surface area (Å²) in [6.07, 6.45) is 0.542. The Hall–Kier alpha value is -1.37. The van der Waals surface area contributed by atoms with Crippen LogP contribution in [0.3, 0.4) is 0 Å². The van der Waals surface area contributed by atoms with Gasteiger partial charge in [0.25, 0.3) is 0 Å². The van der Waals surface area contributed by atoms with Crippen LogP contribution < -0.4 is 4.52 Å². The van der Waals surface area contributed by atoms with Gasteiger partial charge in [-0.25, -0.2) is 0 Å². The Morgan fingerprint density at radius 3 is 2.04 bits per heavy atom.